The van der Waals surface area contributed by atoms with Crippen LogP contribution in [0, 0.1) is 11.6 Å². The second-order valence-electron chi connectivity index (χ2n) is 7.28. The van der Waals surface area contributed by atoms with Gasteiger partial charge in [0.2, 0.25) is 0 Å². The number of carbonyl (C=O) groups excluding carboxylic acids is 2. The normalized spacial score (nSPS) is 15.1. The van der Waals surface area contributed by atoms with Crippen LogP contribution in [0.1, 0.15) is 24.8 Å². The van der Waals surface area contributed by atoms with Gasteiger partial charge in [0.05, 0.1) is 32.1 Å². The van der Waals surface area contributed by atoms with Gasteiger partial charge in [-0.05, 0) is 55.2 Å². The Balaban J connectivity index is 0.00000137. The van der Waals surface area contributed by atoms with Crippen LogP contribution in [-0.4, -0.2) is 58.2 Å². The third-order valence-corrected chi connectivity index (χ3v) is 5.16. The molecule has 2 aromatic carbocycles. The number of aliphatic hydroxyl groups excluding tert-OH is 1. The van der Waals surface area contributed by atoms with Crippen LogP contribution in [0.25, 0.3) is 5.70 Å². The Kier molecular flexibility index (Phi) is 13.1. The minimum atomic E-state index is -0.915. The molecule has 0 amide bonds. The van der Waals surface area contributed by atoms with Crippen LogP contribution in [-0.2, 0) is 14.3 Å². The van der Waals surface area contributed by atoms with Crippen molar-refractivity contribution in [3.05, 3.63) is 60.2 Å². The smallest absolute Gasteiger partial charge is 0.160 e. The van der Waals surface area contributed by atoms with E-state index in [0.717, 1.165) is 54.9 Å². The first-order valence-corrected chi connectivity index (χ1v) is 10.7. The fourth-order valence-electron chi connectivity index (χ4n) is 3.62. The first-order chi connectivity index (χ1) is 16.5. The van der Waals surface area contributed by atoms with Crippen molar-refractivity contribution in [1.82, 2.24) is 0 Å². The van der Waals surface area contributed by atoms with Crippen LogP contribution >= 0.6 is 0 Å². The number of benzene rings is 2. The minimum Gasteiger partial charge on any atom is -0.495 e. The van der Waals surface area contributed by atoms with Crippen LogP contribution in [0.2, 0.25) is 0 Å². The molecule has 1 fully saturated rings. The molecular formula is C25H32F2N2O5. The summed E-state index contributed by atoms with van der Waals surface area (Å²) in [7, 11) is 1.63. The summed E-state index contributed by atoms with van der Waals surface area (Å²) in [6.45, 7) is 9.94. The number of halogens is 2. The van der Waals surface area contributed by atoms with Gasteiger partial charge in [0.15, 0.2) is 11.6 Å². The lowest BCUT2D eigenvalue weighted by Crippen LogP contribution is -2.33. The first-order valence-electron chi connectivity index (χ1n) is 10.7. The summed E-state index contributed by atoms with van der Waals surface area (Å²) in [4.78, 5) is 18.2. The van der Waals surface area contributed by atoms with E-state index >= 15 is 0 Å². The maximum Gasteiger partial charge on any atom is 0.160 e. The van der Waals surface area contributed by atoms with Crippen molar-refractivity contribution in [3.8, 4) is 5.75 Å². The molecular weight excluding hydrogens is 446 g/mol. The lowest BCUT2D eigenvalue weighted by Gasteiger charge is -2.28. The number of carbonyl (C=O) groups is 2. The number of anilines is 2. The number of aliphatic hydroxyl groups is 1. The van der Waals surface area contributed by atoms with Crippen LogP contribution in [0.15, 0.2) is 43.0 Å². The largest absolute Gasteiger partial charge is 0.495 e. The average Bonchev–Trinajstić information content (AvgIpc) is 3.12. The van der Waals surface area contributed by atoms with Gasteiger partial charge in [-0.3, -0.25) is 0 Å². The van der Waals surface area contributed by atoms with Gasteiger partial charge < -0.3 is 34.4 Å². The molecule has 186 valence electrons. The van der Waals surface area contributed by atoms with Crippen molar-refractivity contribution in [2.24, 2.45) is 0 Å². The molecule has 9 heteroatoms. The zero-order valence-corrected chi connectivity index (χ0v) is 19.4. The van der Waals surface area contributed by atoms with Crippen LogP contribution in [0.5, 0.6) is 5.75 Å². The Morgan fingerprint density at radius 3 is 2.50 bits per heavy atom. The predicted octanol–water partition coefficient (Wildman–Crippen LogP) is 4.05. The maximum atomic E-state index is 13.5. The van der Waals surface area contributed by atoms with E-state index in [9.17, 15) is 8.78 Å². The fourth-order valence-corrected chi connectivity index (χ4v) is 3.62. The molecule has 2 aromatic rings. The molecule has 0 bridgehead atoms. The highest BCUT2D eigenvalue weighted by molar-refractivity contribution is 5.78. The first kappa shape index (κ1) is 28.7. The Labute approximate surface area is 199 Å². The molecule has 1 atom stereocenters. The third-order valence-electron chi connectivity index (χ3n) is 5.16. The molecule has 0 aromatic heterocycles. The van der Waals surface area contributed by atoms with E-state index in [2.05, 4.69) is 16.8 Å². The molecule has 0 saturated carbocycles. The van der Waals surface area contributed by atoms with Gasteiger partial charge >= 0.3 is 0 Å². The Morgan fingerprint density at radius 1 is 1.12 bits per heavy atom. The molecule has 1 heterocycles. The predicted molar refractivity (Wildman–Crippen MR) is 129 cm³/mol. The summed E-state index contributed by atoms with van der Waals surface area (Å²) < 4.78 is 38.0. The van der Waals surface area contributed by atoms with Gasteiger partial charge in [0.1, 0.15) is 19.3 Å². The number of methoxy groups -OCH3 is 1. The number of rotatable bonds is 8. The highest BCUT2D eigenvalue weighted by Gasteiger charge is 2.22. The third kappa shape index (κ3) is 8.24. The summed E-state index contributed by atoms with van der Waals surface area (Å²) >= 11 is 0. The van der Waals surface area contributed by atoms with E-state index in [-0.39, 0.29) is 12.7 Å². The zero-order chi connectivity index (χ0) is 25.5. The number of hydrogen-bond donors (Lipinski definition) is 2. The average molecular weight is 479 g/mol. The second kappa shape index (κ2) is 15.5. The lowest BCUT2D eigenvalue weighted by atomic mass is 10.1. The van der Waals surface area contributed by atoms with Crippen LogP contribution in [0.3, 0.4) is 0 Å². The molecule has 7 nitrogen and oxygen atoms in total. The topological polar surface area (TPSA) is 88.1 Å². The molecule has 1 unspecified atom stereocenters. The SMILES string of the molecule is C=C(Nc1ccc(F)c(F)c1)c1ccc(OC)c(N2CCCCC(OCCO)C2)c1.C=O.C=O. The van der Waals surface area contributed by atoms with Crippen molar-refractivity contribution >= 4 is 30.6 Å². The van der Waals surface area contributed by atoms with Crippen molar-refractivity contribution < 1.29 is 33.0 Å². The maximum absolute atomic E-state index is 13.5. The molecule has 34 heavy (non-hydrogen) atoms. The van der Waals surface area contributed by atoms with E-state index in [1.165, 1.54) is 6.07 Å². The summed E-state index contributed by atoms with van der Waals surface area (Å²) in [5.74, 6) is -1.07. The standard InChI is InChI=1S/C23H28F2N2O3.2CH2O/c1-16(26-18-7-8-20(24)21(25)14-18)17-6-9-23(29-2)22(13-17)27-10-4-3-5-19(15-27)30-12-11-28;2*1-2/h6-9,13-14,19,26,28H,1,3-5,10-12,15H2,2H3;2*1H2. The summed E-state index contributed by atoms with van der Waals surface area (Å²) in [6.07, 6.45) is 3.07. The molecule has 3 rings (SSSR count). The highest BCUT2D eigenvalue weighted by atomic mass is 19.2. The van der Waals surface area contributed by atoms with Crippen molar-refractivity contribution in [2.75, 3.05) is 43.6 Å². The zero-order valence-electron chi connectivity index (χ0n) is 19.4. The molecule has 2 N–H and O–H groups in total. The van der Waals surface area contributed by atoms with Gasteiger partial charge in [-0.1, -0.05) is 6.58 Å². The molecule has 0 spiro atoms. The van der Waals surface area contributed by atoms with E-state index in [1.54, 1.807) is 7.11 Å². The van der Waals surface area contributed by atoms with E-state index in [0.29, 0.717) is 24.5 Å². The van der Waals surface area contributed by atoms with E-state index in [1.807, 2.05) is 31.8 Å². The Bertz CT molecular complexity index is 911. The summed E-state index contributed by atoms with van der Waals surface area (Å²) in [5.41, 5.74) is 2.71. The second-order valence-corrected chi connectivity index (χ2v) is 7.28. The summed E-state index contributed by atoms with van der Waals surface area (Å²) in [6, 6.07) is 9.36. The van der Waals surface area contributed by atoms with E-state index in [4.69, 9.17) is 24.2 Å². The highest BCUT2D eigenvalue weighted by Crippen LogP contribution is 2.33. The number of nitrogens with zero attached hydrogens (tertiary/aromatic N) is 1. The molecule has 1 aliphatic rings. The Morgan fingerprint density at radius 2 is 1.85 bits per heavy atom. The van der Waals surface area contributed by atoms with Crippen molar-refractivity contribution in [2.45, 2.75) is 25.4 Å². The molecule has 1 saturated heterocycles. The minimum absolute atomic E-state index is 0.00474. The lowest BCUT2D eigenvalue weighted by molar-refractivity contribution is -0.0987. The van der Waals surface area contributed by atoms with Gasteiger partial charge in [-0.2, -0.15) is 0 Å². The number of ether oxygens (including phenoxy) is 2. The Hall–Kier alpha value is -3.30. The van der Waals surface area contributed by atoms with Gasteiger partial charge in [-0.15, -0.1) is 0 Å². The number of hydrogen-bond acceptors (Lipinski definition) is 7. The van der Waals surface area contributed by atoms with Crippen LogP contribution < -0.4 is 15.0 Å². The van der Waals surface area contributed by atoms with Crippen molar-refractivity contribution in [3.63, 3.8) is 0 Å². The quantitative estimate of drug-likeness (QED) is 0.592. The summed E-state index contributed by atoms with van der Waals surface area (Å²) in [5, 5.41) is 12.1. The number of nitrogens with one attached hydrogen (secondary N) is 1. The van der Waals surface area contributed by atoms with Gasteiger partial charge in [0.25, 0.3) is 0 Å². The fraction of sp³-hybridized carbons (Fsp3) is 0.360. The van der Waals surface area contributed by atoms with Crippen LogP contribution in [0.4, 0.5) is 20.2 Å². The molecule has 0 aliphatic carbocycles. The van der Waals surface area contributed by atoms with Crippen molar-refractivity contribution in [1.29, 1.82) is 0 Å². The molecule has 1 aliphatic heterocycles. The van der Waals surface area contributed by atoms with Gasteiger partial charge in [0, 0.05) is 30.5 Å². The monoisotopic (exact) mass is 478 g/mol. The van der Waals surface area contributed by atoms with E-state index < -0.39 is 11.6 Å². The molecule has 0 radical (unpaired) electrons. The van der Waals surface area contributed by atoms with Gasteiger partial charge in [-0.25, -0.2) is 8.78 Å².